The molecule has 1 saturated carbocycles. The summed E-state index contributed by atoms with van der Waals surface area (Å²) in [6.07, 6.45) is 0.811. The van der Waals surface area contributed by atoms with Crippen molar-refractivity contribution in [3.05, 3.63) is 29.8 Å². The summed E-state index contributed by atoms with van der Waals surface area (Å²) in [7, 11) is -2.54. The molecule has 27 heavy (non-hydrogen) atoms. The average molecular weight is 396 g/mol. The fourth-order valence-corrected chi connectivity index (χ4v) is 3.51. The Morgan fingerprint density at radius 1 is 1.11 bits per heavy atom. The van der Waals surface area contributed by atoms with E-state index in [-0.39, 0.29) is 23.3 Å². The van der Waals surface area contributed by atoms with Crippen molar-refractivity contribution in [2.24, 2.45) is 11.8 Å². The number of amides is 3. The van der Waals surface area contributed by atoms with Crippen molar-refractivity contribution in [2.75, 3.05) is 20.1 Å². The SMILES string of the molecule is Cc1ccc(S(=O)(=O)N(C)CC(=O)NNC(=O)CNC(=O)[C@@H]2C[C@@H]2C)cc1. The van der Waals surface area contributed by atoms with E-state index in [1.54, 1.807) is 12.1 Å². The molecule has 1 aliphatic carbocycles. The van der Waals surface area contributed by atoms with Crippen molar-refractivity contribution < 1.29 is 22.8 Å². The lowest BCUT2D eigenvalue weighted by Crippen LogP contribution is -2.49. The molecule has 0 saturated heterocycles. The van der Waals surface area contributed by atoms with Crippen LogP contribution in [-0.2, 0) is 24.4 Å². The van der Waals surface area contributed by atoms with Gasteiger partial charge in [-0.2, -0.15) is 4.31 Å². The summed E-state index contributed by atoms with van der Waals surface area (Å²) in [6.45, 7) is 3.05. The molecule has 0 bridgehead atoms. The lowest BCUT2D eigenvalue weighted by molar-refractivity contribution is -0.130. The first-order chi connectivity index (χ1) is 12.6. The quantitative estimate of drug-likeness (QED) is 0.538. The second-order valence-corrected chi connectivity index (χ2v) is 8.75. The predicted molar refractivity (Wildman–Crippen MR) is 97.6 cm³/mol. The van der Waals surface area contributed by atoms with Crippen LogP contribution in [0.4, 0.5) is 0 Å². The highest BCUT2D eigenvalue weighted by molar-refractivity contribution is 7.89. The van der Waals surface area contributed by atoms with Crippen LogP contribution in [0.5, 0.6) is 0 Å². The summed E-state index contributed by atoms with van der Waals surface area (Å²) in [5.74, 6) is -1.21. The maximum Gasteiger partial charge on any atom is 0.257 e. The molecule has 2 rings (SSSR count). The number of hydrogen-bond acceptors (Lipinski definition) is 5. The first kappa shape index (κ1) is 20.8. The molecule has 1 fully saturated rings. The highest BCUT2D eigenvalue weighted by Gasteiger charge is 2.39. The number of nitrogens with zero attached hydrogens (tertiary/aromatic N) is 1. The van der Waals surface area contributed by atoms with E-state index in [2.05, 4.69) is 16.2 Å². The zero-order valence-corrected chi connectivity index (χ0v) is 16.3. The molecule has 1 aromatic rings. The molecule has 10 heteroatoms. The molecule has 0 unspecified atom stereocenters. The van der Waals surface area contributed by atoms with Crippen LogP contribution in [0.25, 0.3) is 0 Å². The van der Waals surface area contributed by atoms with Crippen molar-refractivity contribution in [1.29, 1.82) is 0 Å². The first-order valence-electron chi connectivity index (χ1n) is 8.49. The number of sulfonamides is 1. The predicted octanol–water partition coefficient (Wildman–Crippen LogP) is -0.465. The average Bonchev–Trinajstić information content (AvgIpc) is 3.35. The van der Waals surface area contributed by atoms with Crippen molar-refractivity contribution >= 4 is 27.7 Å². The highest BCUT2D eigenvalue weighted by atomic mass is 32.2. The maximum atomic E-state index is 12.4. The van der Waals surface area contributed by atoms with Crippen LogP contribution in [0.3, 0.4) is 0 Å². The topological polar surface area (TPSA) is 125 Å². The minimum Gasteiger partial charge on any atom is -0.347 e. The molecule has 0 aliphatic heterocycles. The van der Waals surface area contributed by atoms with E-state index in [9.17, 15) is 22.8 Å². The Morgan fingerprint density at radius 3 is 2.22 bits per heavy atom. The number of carbonyl (C=O) groups excluding carboxylic acids is 3. The summed E-state index contributed by atoms with van der Waals surface area (Å²) in [5.41, 5.74) is 5.18. The van der Waals surface area contributed by atoms with Gasteiger partial charge < -0.3 is 5.32 Å². The Morgan fingerprint density at radius 2 is 1.67 bits per heavy atom. The van der Waals surface area contributed by atoms with E-state index in [1.807, 2.05) is 13.8 Å². The third-order valence-corrected chi connectivity index (χ3v) is 6.12. The minimum absolute atomic E-state index is 0.0481. The van der Waals surface area contributed by atoms with Gasteiger partial charge in [-0.25, -0.2) is 8.42 Å². The van der Waals surface area contributed by atoms with Gasteiger partial charge in [0.25, 0.3) is 11.8 Å². The molecule has 0 spiro atoms. The number of hydrazine groups is 1. The van der Waals surface area contributed by atoms with Crippen LogP contribution in [0.15, 0.2) is 29.2 Å². The van der Waals surface area contributed by atoms with Crippen LogP contribution in [0.1, 0.15) is 18.9 Å². The number of aryl methyl sites for hydroxylation is 1. The lowest BCUT2D eigenvalue weighted by atomic mass is 10.2. The smallest absolute Gasteiger partial charge is 0.257 e. The van der Waals surface area contributed by atoms with Crippen LogP contribution >= 0.6 is 0 Å². The Bertz CT molecular complexity index is 822. The van der Waals surface area contributed by atoms with Gasteiger partial charge in [0, 0.05) is 13.0 Å². The second kappa shape index (κ2) is 8.49. The Hall–Kier alpha value is -2.46. The van der Waals surface area contributed by atoms with Gasteiger partial charge in [-0.05, 0) is 31.4 Å². The molecular weight excluding hydrogens is 372 g/mol. The summed E-state index contributed by atoms with van der Waals surface area (Å²) in [6, 6.07) is 6.25. The zero-order valence-electron chi connectivity index (χ0n) is 15.5. The molecule has 9 nitrogen and oxygen atoms in total. The normalized spacial score (nSPS) is 18.7. The third-order valence-electron chi connectivity index (χ3n) is 4.31. The van der Waals surface area contributed by atoms with E-state index in [0.29, 0.717) is 5.92 Å². The fraction of sp³-hybridized carbons (Fsp3) is 0.471. The van der Waals surface area contributed by atoms with Gasteiger partial charge in [0.15, 0.2) is 0 Å². The number of carbonyl (C=O) groups is 3. The number of nitrogens with one attached hydrogen (secondary N) is 3. The van der Waals surface area contributed by atoms with Crippen molar-refractivity contribution in [2.45, 2.75) is 25.2 Å². The number of likely N-dealkylation sites (N-methyl/N-ethyl adjacent to an activating group) is 1. The van der Waals surface area contributed by atoms with E-state index in [0.717, 1.165) is 16.3 Å². The van der Waals surface area contributed by atoms with Gasteiger partial charge in [0.1, 0.15) is 0 Å². The Balaban J connectivity index is 1.76. The van der Waals surface area contributed by atoms with Gasteiger partial charge in [-0.1, -0.05) is 24.6 Å². The summed E-state index contributed by atoms with van der Waals surface area (Å²) in [5, 5.41) is 2.48. The minimum atomic E-state index is -3.82. The van der Waals surface area contributed by atoms with E-state index in [4.69, 9.17) is 0 Å². The van der Waals surface area contributed by atoms with Crippen LogP contribution in [0, 0.1) is 18.8 Å². The van der Waals surface area contributed by atoms with Gasteiger partial charge in [0.05, 0.1) is 18.0 Å². The molecule has 1 aromatic carbocycles. The second-order valence-electron chi connectivity index (χ2n) is 6.71. The molecule has 3 amide bonds. The van der Waals surface area contributed by atoms with Crippen LogP contribution in [0.2, 0.25) is 0 Å². The van der Waals surface area contributed by atoms with Crippen molar-refractivity contribution in [1.82, 2.24) is 20.5 Å². The van der Waals surface area contributed by atoms with E-state index in [1.165, 1.54) is 19.2 Å². The molecule has 0 heterocycles. The van der Waals surface area contributed by atoms with Gasteiger partial charge in [0.2, 0.25) is 15.9 Å². The molecule has 0 aromatic heterocycles. The molecule has 0 radical (unpaired) electrons. The molecule has 148 valence electrons. The molecule has 2 atom stereocenters. The highest BCUT2D eigenvalue weighted by Crippen LogP contribution is 2.37. The van der Waals surface area contributed by atoms with Crippen molar-refractivity contribution in [3.63, 3.8) is 0 Å². The maximum absolute atomic E-state index is 12.4. The van der Waals surface area contributed by atoms with Crippen LogP contribution in [-0.4, -0.2) is 50.6 Å². The van der Waals surface area contributed by atoms with Gasteiger partial charge in [-0.15, -0.1) is 0 Å². The fourth-order valence-electron chi connectivity index (χ4n) is 2.39. The lowest BCUT2D eigenvalue weighted by Gasteiger charge is -2.17. The Kier molecular flexibility index (Phi) is 6.55. The summed E-state index contributed by atoms with van der Waals surface area (Å²) >= 11 is 0. The number of benzene rings is 1. The first-order valence-corrected chi connectivity index (χ1v) is 9.93. The molecule has 1 aliphatic rings. The number of rotatable bonds is 7. The third kappa shape index (κ3) is 5.76. The largest absolute Gasteiger partial charge is 0.347 e. The van der Waals surface area contributed by atoms with Gasteiger partial charge >= 0.3 is 0 Å². The summed E-state index contributed by atoms with van der Waals surface area (Å²) in [4.78, 5) is 35.2. The zero-order chi connectivity index (χ0) is 20.2. The molecular formula is C17H24N4O5S. The summed E-state index contributed by atoms with van der Waals surface area (Å²) < 4.78 is 25.7. The van der Waals surface area contributed by atoms with E-state index >= 15 is 0 Å². The van der Waals surface area contributed by atoms with Gasteiger partial charge in [-0.3, -0.25) is 25.2 Å². The monoisotopic (exact) mass is 396 g/mol. The van der Waals surface area contributed by atoms with Crippen LogP contribution < -0.4 is 16.2 Å². The standard InChI is InChI=1S/C17H24N4O5S/c1-11-4-6-13(7-5-11)27(25,26)21(3)10-16(23)20-19-15(22)9-18-17(24)14-8-12(14)2/h4-7,12,14H,8-10H2,1-3H3,(H,18,24)(H,19,22)(H,20,23)/t12-,14+/m0/s1. The van der Waals surface area contributed by atoms with Crippen molar-refractivity contribution in [3.8, 4) is 0 Å². The molecule has 3 N–H and O–H groups in total. The Labute approximate surface area is 158 Å². The number of hydrogen-bond donors (Lipinski definition) is 3. The van der Waals surface area contributed by atoms with E-state index < -0.39 is 28.4 Å².